The average molecular weight is 286 g/mol. The van der Waals surface area contributed by atoms with Crippen molar-refractivity contribution in [1.29, 1.82) is 0 Å². The molecule has 1 spiro atoms. The Bertz CT molecular complexity index is 444. The van der Waals surface area contributed by atoms with Gasteiger partial charge in [0.2, 0.25) is 0 Å². The van der Waals surface area contributed by atoms with Gasteiger partial charge in [-0.05, 0) is 13.3 Å². The van der Waals surface area contributed by atoms with Gasteiger partial charge in [0.05, 0.1) is 12.7 Å². The van der Waals surface area contributed by atoms with E-state index in [0.717, 1.165) is 0 Å². The fourth-order valence-corrected chi connectivity index (χ4v) is 3.55. The van der Waals surface area contributed by atoms with Crippen molar-refractivity contribution < 1.29 is 29.3 Å². The van der Waals surface area contributed by atoms with E-state index in [9.17, 15) is 19.8 Å². The van der Waals surface area contributed by atoms with Crippen molar-refractivity contribution in [3.63, 3.8) is 0 Å². The molecule has 3 rings (SSSR count). The first-order valence-electron chi connectivity index (χ1n) is 6.76. The lowest BCUT2D eigenvalue weighted by Crippen LogP contribution is -2.77. The molecule has 8 heteroatoms. The van der Waals surface area contributed by atoms with Crippen molar-refractivity contribution in [3.05, 3.63) is 0 Å². The first-order chi connectivity index (χ1) is 9.48. The van der Waals surface area contributed by atoms with Crippen LogP contribution in [0.15, 0.2) is 0 Å². The predicted molar refractivity (Wildman–Crippen MR) is 64.7 cm³/mol. The van der Waals surface area contributed by atoms with Crippen LogP contribution in [0.2, 0.25) is 0 Å². The van der Waals surface area contributed by atoms with E-state index in [-0.39, 0.29) is 13.0 Å². The molecule has 6 atom stereocenters. The molecule has 1 aliphatic carbocycles. The molecule has 1 saturated carbocycles. The third-order valence-corrected chi connectivity index (χ3v) is 4.31. The molecule has 3 aliphatic rings. The summed E-state index contributed by atoms with van der Waals surface area (Å²) in [4.78, 5) is 23.6. The fourth-order valence-electron chi connectivity index (χ4n) is 3.55. The van der Waals surface area contributed by atoms with Crippen LogP contribution in [0.4, 0.5) is 4.79 Å². The van der Waals surface area contributed by atoms with Crippen LogP contribution < -0.4 is 10.6 Å². The highest BCUT2D eigenvalue weighted by atomic mass is 16.6. The second-order valence-corrected chi connectivity index (χ2v) is 5.51. The first kappa shape index (κ1) is 13.6. The lowest BCUT2D eigenvalue weighted by Gasteiger charge is -2.52. The van der Waals surface area contributed by atoms with Crippen LogP contribution >= 0.6 is 0 Å². The van der Waals surface area contributed by atoms with E-state index in [4.69, 9.17) is 9.47 Å². The molecule has 1 amide bonds. The standard InChI is InChI=1S/C12H18N2O6/c1-2-19-10(17)7-8-12(20-11(18)14-8)4-5(15)3-6(13-7)9(12)16/h5-9,13,15-16H,2-4H2,1H3,(H,14,18)/t5-,6-,7-,8+,9?,12+/m1/s1. The highest BCUT2D eigenvalue weighted by Crippen LogP contribution is 2.43. The number of amides is 1. The number of carbonyl (C=O) groups is 2. The van der Waals surface area contributed by atoms with Gasteiger partial charge in [-0.3, -0.25) is 10.1 Å². The maximum absolute atomic E-state index is 12.0. The van der Waals surface area contributed by atoms with Gasteiger partial charge in [-0.2, -0.15) is 0 Å². The Morgan fingerprint density at radius 2 is 2.30 bits per heavy atom. The number of carbonyl (C=O) groups excluding carboxylic acids is 2. The summed E-state index contributed by atoms with van der Waals surface area (Å²) in [6, 6.07) is -2.06. The maximum atomic E-state index is 12.0. The van der Waals surface area contributed by atoms with Gasteiger partial charge in [-0.25, -0.2) is 4.79 Å². The topological polar surface area (TPSA) is 117 Å². The second-order valence-electron chi connectivity index (χ2n) is 5.51. The third-order valence-electron chi connectivity index (χ3n) is 4.31. The summed E-state index contributed by atoms with van der Waals surface area (Å²) < 4.78 is 10.3. The van der Waals surface area contributed by atoms with Crippen molar-refractivity contribution >= 4 is 12.1 Å². The molecule has 1 unspecified atom stereocenters. The minimum absolute atomic E-state index is 0.103. The van der Waals surface area contributed by atoms with Crippen molar-refractivity contribution in [2.75, 3.05) is 6.61 Å². The Hall–Kier alpha value is -1.38. The number of hydrogen-bond acceptors (Lipinski definition) is 7. The highest BCUT2D eigenvalue weighted by molar-refractivity contribution is 5.81. The summed E-state index contributed by atoms with van der Waals surface area (Å²) in [6.07, 6.45) is -1.97. The van der Waals surface area contributed by atoms with Crippen molar-refractivity contribution in [2.24, 2.45) is 0 Å². The number of hydrogen-bond donors (Lipinski definition) is 4. The van der Waals surface area contributed by atoms with Crippen LogP contribution in [0.3, 0.4) is 0 Å². The van der Waals surface area contributed by atoms with E-state index in [1.807, 2.05) is 0 Å². The van der Waals surface area contributed by atoms with Gasteiger partial charge in [0.15, 0.2) is 5.60 Å². The summed E-state index contributed by atoms with van der Waals surface area (Å²) in [7, 11) is 0. The normalized spacial score (nSPS) is 46.1. The maximum Gasteiger partial charge on any atom is 0.408 e. The number of esters is 1. The lowest BCUT2D eigenvalue weighted by atomic mass is 9.68. The number of fused-ring (bicyclic) bond motifs is 1. The van der Waals surface area contributed by atoms with E-state index in [1.165, 1.54) is 0 Å². The average Bonchev–Trinajstić information content (AvgIpc) is 2.68. The summed E-state index contributed by atoms with van der Waals surface area (Å²) in [6.45, 7) is 1.92. The monoisotopic (exact) mass is 286 g/mol. The summed E-state index contributed by atoms with van der Waals surface area (Å²) in [5, 5.41) is 25.8. The van der Waals surface area contributed by atoms with Gasteiger partial charge >= 0.3 is 12.1 Å². The van der Waals surface area contributed by atoms with E-state index >= 15 is 0 Å². The molecule has 2 saturated heterocycles. The van der Waals surface area contributed by atoms with Gasteiger partial charge in [0.25, 0.3) is 0 Å². The molecular weight excluding hydrogens is 268 g/mol. The molecule has 0 aromatic rings. The Kier molecular flexibility index (Phi) is 3.11. The van der Waals surface area contributed by atoms with Gasteiger partial charge < -0.3 is 25.0 Å². The smallest absolute Gasteiger partial charge is 0.408 e. The number of aliphatic hydroxyl groups is 2. The van der Waals surface area contributed by atoms with Crippen molar-refractivity contribution in [3.8, 4) is 0 Å². The van der Waals surface area contributed by atoms with E-state index < -0.39 is 48.0 Å². The fraction of sp³-hybridized carbons (Fsp3) is 0.833. The molecule has 0 radical (unpaired) electrons. The Morgan fingerprint density at radius 1 is 1.55 bits per heavy atom. The quantitative estimate of drug-likeness (QED) is 0.445. The van der Waals surface area contributed by atoms with Crippen LogP contribution in [0.5, 0.6) is 0 Å². The van der Waals surface area contributed by atoms with Crippen LogP contribution in [0.25, 0.3) is 0 Å². The molecule has 3 fully saturated rings. The van der Waals surface area contributed by atoms with Gasteiger partial charge in [-0.15, -0.1) is 0 Å². The van der Waals surface area contributed by atoms with Gasteiger partial charge in [-0.1, -0.05) is 0 Å². The summed E-state index contributed by atoms with van der Waals surface area (Å²) >= 11 is 0. The largest absolute Gasteiger partial charge is 0.465 e. The van der Waals surface area contributed by atoms with E-state index in [1.54, 1.807) is 6.92 Å². The van der Waals surface area contributed by atoms with Gasteiger partial charge in [0, 0.05) is 12.5 Å². The zero-order chi connectivity index (χ0) is 14.5. The van der Waals surface area contributed by atoms with Crippen LogP contribution in [-0.4, -0.2) is 64.8 Å². The highest BCUT2D eigenvalue weighted by Gasteiger charge is 2.66. The lowest BCUT2D eigenvalue weighted by molar-refractivity contribution is -0.175. The minimum atomic E-state index is -1.28. The minimum Gasteiger partial charge on any atom is -0.465 e. The number of nitrogens with one attached hydrogen (secondary N) is 2. The molecule has 4 N–H and O–H groups in total. The van der Waals surface area contributed by atoms with Crippen LogP contribution in [0.1, 0.15) is 19.8 Å². The molecule has 0 aromatic heterocycles. The second kappa shape index (κ2) is 4.57. The Balaban J connectivity index is 1.95. The molecule has 8 nitrogen and oxygen atoms in total. The number of piperidine rings is 1. The number of ether oxygens (including phenoxy) is 2. The molecule has 0 aromatic carbocycles. The molecule has 2 heterocycles. The molecule has 112 valence electrons. The third kappa shape index (κ3) is 1.79. The van der Waals surface area contributed by atoms with E-state index in [2.05, 4.69) is 10.6 Å². The Morgan fingerprint density at radius 3 is 3.00 bits per heavy atom. The molecule has 2 aliphatic heterocycles. The van der Waals surface area contributed by atoms with Crippen LogP contribution in [-0.2, 0) is 14.3 Å². The molecule has 2 bridgehead atoms. The zero-order valence-electron chi connectivity index (χ0n) is 11.0. The van der Waals surface area contributed by atoms with Crippen molar-refractivity contribution in [2.45, 2.75) is 55.7 Å². The summed E-state index contributed by atoms with van der Waals surface area (Å²) in [5.41, 5.74) is -1.28. The SMILES string of the molecule is CCOC(=O)[C@@H]1N[C@@H]2C[C@@H](O)C[C@@]3(OC(=O)N[C@@H]13)C2O. The van der Waals surface area contributed by atoms with Crippen molar-refractivity contribution in [1.82, 2.24) is 10.6 Å². The number of aliphatic hydroxyl groups excluding tert-OH is 2. The zero-order valence-corrected chi connectivity index (χ0v) is 11.0. The number of rotatable bonds is 2. The molecule has 20 heavy (non-hydrogen) atoms. The molecular formula is C12H18N2O6. The number of alkyl carbamates (subject to hydrolysis) is 1. The van der Waals surface area contributed by atoms with E-state index in [0.29, 0.717) is 6.42 Å². The van der Waals surface area contributed by atoms with Crippen LogP contribution in [0, 0.1) is 0 Å². The predicted octanol–water partition coefficient (Wildman–Crippen LogP) is -1.75. The first-order valence-corrected chi connectivity index (χ1v) is 6.76. The summed E-state index contributed by atoms with van der Waals surface area (Å²) in [5.74, 6) is -0.499. The van der Waals surface area contributed by atoms with Gasteiger partial charge in [0.1, 0.15) is 18.2 Å². The Labute approximate surface area is 115 Å².